The molecule has 2 aliphatic rings. The lowest BCUT2D eigenvalue weighted by atomic mass is 10.1. The number of hydrogen-bond donors (Lipinski definition) is 0. The van der Waals surface area contributed by atoms with Crippen molar-refractivity contribution in [2.24, 2.45) is 4.99 Å². The number of carbonyl (C=O) groups excluding carboxylic acids is 1. The van der Waals surface area contributed by atoms with E-state index in [1.807, 2.05) is 19.1 Å². The third-order valence-electron chi connectivity index (χ3n) is 6.00. The Kier molecular flexibility index (Phi) is 6.79. The fourth-order valence-electron chi connectivity index (χ4n) is 4.04. The minimum Gasteiger partial charge on any atom is -0.456 e. The number of nitro groups is 1. The Labute approximate surface area is 221 Å². The molecule has 1 amide bonds. The van der Waals surface area contributed by atoms with Crippen LogP contribution >= 0.6 is 35.0 Å². The van der Waals surface area contributed by atoms with Crippen LogP contribution in [0.3, 0.4) is 0 Å². The van der Waals surface area contributed by atoms with Crippen molar-refractivity contribution < 1.29 is 14.1 Å². The molecule has 1 aromatic heterocycles. The molecule has 5 rings (SSSR count). The third kappa shape index (κ3) is 5.00. The van der Waals surface area contributed by atoms with Gasteiger partial charge in [0.05, 0.1) is 15.4 Å². The molecular formula is C25H20Cl2N4O4S. The van der Waals surface area contributed by atoms with Crippen molar-refractivity contribution in [3.05, 3.63) is 84.9 Å². The number of thioether (sulfide) groups is 1. The summed E-state index contributed by atoms with van der Waals surface area (Å²) in [6.07, 6.45) is 1.61. The summed E-state index contributed by atoms with van der Waals surface area (Å²) in [7, 11) is 0. The van der Waals surface area contributed by atoms with Crippen LogP contribution in [-0.2, 0) is 4.79 Å². The summed E-state index contributed by atoms with van der Waals surface area (Å²) in [4.78, 5) is 32.5. The Morgan fingerprint density at radius 2 is 1.81 bits per heavy atom. The molecule has 3 heterocycles. The van der Waals surface area contributed by atoms with Gasteiger partial charge in [0, 0.05) is 54.1 Å². The maximum atomic E-state index is 12.6. The number of piperazine rings is 1. The van der Waals surface area contributed by atoms with Crippen LogP contribution in [0.5, 0.6) is 0 Å². The number of hydrogen-bond acceptors (Lipinski definition) is 7. The number of amidine groups is 1. The molecule has 2 aromatic carbocycles. The Hall–Kier alpha value is -3.27. The normalized spacial score (nSPS) is 17.1. The molecule has 0 bridgehead atoms. The van der Waals surface area contributed by atoms with Crippen molar-refractivity contribution in [3.63, 3.8) is 0 Å². The first kappa shape index (κ1) is 24.4. The second-order valence-corrected chi connectivity index (χ2v) is 10.2. The molecule has 11 heteroatoms. The lowest BCUT2D eigenvalue weighted by molar-refractivity contribution is -0.384. The maximum absolute atomic E-state index is 12.6. The largest absolute Gasteiger partial charge is 0.456 e. The molecule has 0 atom stereocenters. The van der Waals surface area contributed by atoms with Gasteiger partial charge in [-0.25, -0.2) is 0 Å². The highest BCUT2D eigenvalue weighted by Crippen LogP contribution is 2.36. The Balaban J connectivity index is 1.26. The van der Waals surface area contributed by atoms with Gasteiger partial charge in [-0.2, -0.15) is 4.99 Å². The van der Waals surface area contributed by atoms with Gasteiger partial charge in [-0.15, -0.1) is 0 Å². The Morgan fingerprint density at radius 3 is 2.53 bits per heavy atom. The van der Waals surface area contributed by atoms with Gasteiger partial charge >= 0.3 is 0 Å². The zero-order valence-electron chi connectivity index (χ0n) is 19.1. The summed E-state index contributed by atoms with van der Waals surface area (Å²) in [6.45, 7) is 5.00. The molecule has 0 N–H and O–H groups in total. The maximum Gasteiger partial charge on any atom is 0.286 e. The Morgan fingerprint density at radius 1 is 1.06 bits per heavy atom. The lowest BCUT2D eigenvalue weighted by Gasteiger charge is -2.36. The van der Waals surface area contributed by atoms with Gasteiger partial charge in [-0.3, -0.25) is 14.9 Å². The van der Waals surface area contributed by atoms with Crippen LogP contribution in [0.15, 0.2) is 62.8 Å². The van der Waals surface area contributed by atoms with Crippen LogP contribution in [0.25, 0.3) is 17.4 Å². The summed E-state index contributed by atoms with van der Waals surface area (Å²) >= 11 is 13.5. The van der Waals surface area contributed by atoms with E-state index in [1.165, 1.54) is 23.9 Å². The summed E-state index contributed by atoms with van der Waals surface area (Å²) in [5.41, 5.74) is 2.28. The standard InChI is InChI=1S/C25H20Cl2N4O4S/c1-15-2-4-17(13-20(15)27)29-8-10-30(11-9-29)25-28-24(32)23(36-25)14-18-5-7-22(35-18)19-6-3-16(26)12-21(19)31(33)34/h2-7,12-14H,8-11H2,1H3/b23-14+. The zero-order valence-corrected chi connectivity index (χ0v) is 21.4. The van der Waals surface area contributed by atoms with Crippen LogP contribution in [0.4, 0.5) is 11.4 Å². The number of furan rings is 1. The molecule has 1 saturated heterocycles. The van der Waals surface area contributed by atoms with Crippen molar-refractivity contribution in [1.29, 1.82) is 0 Å². The zero-order chi connectivity index (χ0) is 25.4. The molecule has 2 aliphatic heterocycles. The van der Waals surface area contributed by atoms with E-state index in [0.717, 1.165) is 42.5 Å². The molecule has 1 fully saturated rings. The second kappa shape index (κ2) is 10.0. The van der Waals surface area contributed by atoms with E-state index >= 15 is 0 Å². The highest BCUT2D eigenvalue weighted by molar-refractivity contribution is 8.18. The minimum atomic E-state index is -0.508. The smallest absolute Gasteiger partial charge is 0.286 e. The SMILES string of the molecule is Cc1ccc(N2CCN(C3=NC(=O)/C(=C\c4ccc(-c5ccc(Cl)cc5[N+](=O)[O-])o4)S3)CC2)cc1Cl. The number of amides is 1. The predicted molar refractivity (Wildman–Crippen MR) is 144 cm³/mol. The summed E-state index contributed by atoms with van der Waals surface area (Å²) in [5.74, 6) is 0.384. The highest BCUT2D eigenvalue weighted by Gasteiger charge is 2.29. The van der Waals surface area contributed by atoms with Gasteiger partial charge in [0.15, 0.2) is 5.17 Å². The number of aliphatic imine (C=N–C) groups is 1. The van der Waals surface area contributed by atoms with E-state index in [1.54, 1.807) is 24.3 Å². The number of nitrogens with zero attached hydrogens (tertiary/aromatic N) is 4. The first-order chi connectivity index (χ1) is 17.3. The number of nitro benzene ring substituents is 1. The molecule has 0 spiro atoms. The van der Waals surface area contributed by atoms with E-state index < -0.39 is 4.92 Å². The second-order valence-electron chi connectivity index (χ2n) is 8.34. The molecule has 3 aromatic rings. The first-order valence-corrected chi connectivity index (χ1v) is 12.7. The van der Waals surface area contributed by atoms with E-state index in [2.05, 4.69) is 20.9 Å². The van der Waals surface area contributed by atoms with Crippen molar-refractivity contribution >= 4 is 63.5 Å². The highest BCUT2D eigenvalue weighted by atomic mass is 35.5. The molecule has 36 heavy (non-hydrogen) atoms. The number of carbonyl (C=O) groups is 1. The van der Waals surface area contributed by atoms with Crippen molar-refractivity contribution in [1.82, 2.24) is 4.90 Å². The van der Waals surface area contributed by atoms with Crippen molar-refractivity contribution in [2.45, 2.75) is 6.92 Å². The molecule has 0 unspecified atom stereocenters. The van der Waals surface area contributed by atoms with Gasteiger partial charge in [0.1, 0.15) is 11.5 Å². The van der Waals surface area contributed by atoms with Crippen LogP contribution in [-0.4, -0.2) is 47.1 Å². The quantitative estimate of drug-likeness (QED) is 0.218. The molecule has 0 aliphatic carbocycles. The van der Waals surface area contributed by atoms with Gasteiger partial charge in [0.2, 0.25) is 0 Å². The molecule has 0 radical (unpaired) electrons. The molecule has 184 valence electrons. The number of halogens is 2. The minimum absolute atomic E-state index is 0.153. The van der Waals surface area contributed by atoms with Gasteiger partial charge in [0.25, 0.3) is 11.6 Å². The number of rotatable bonds is 4. The van der Waals surface area contributed by atoms with E-state index in [0.29, 0.717) is 27.2 Å². The van der Waals surface area contributed by atoms with Gasteiger partial charge in [-0.05, 0) is 60.6 Å². The molecular weight excluding hydrogens is 523 g/mol. The third-order valence-corrected chi connectivity index (χ3v) is 7.69. The molecule has 0 saturated carbocycles. The molecule has 8 nitrogen and oxygen atoms in total. The van der Waals surface area contributed by atoms with E-state index in [-0.39, 0.29) is 16.6 Å². The van der Waals surface area contributed by atoms with Crippen molar-refractivity contribution in [2.75, 3.05) is 31.1 Å². The van der Waals surface area contributed by atoms with Crippen LogP contribution in [0.2, 0.25) is 10.0 Å². The topological polar surface area (TPSA) is 92.2 Å². The predicted octanol–water partition coefficient (Wildman–Crippen LogP) is 6.26. The fraction of sp³-hybridized carbons (Fsp3) is 0.200. The van der Waals surface area contributed by atoms with Crippen LogP contribution in [0, 0.1) is 17.0 Å². The first-order valence-electron chi connectivity index (χ1n) is 11.1. The van der Waals surface area contributed by atoms with E-state index in [9.17, 15) is 14.9 Å². The summed E-state index contributed by atoms with van der Waals surface area (Å²) in [6, 6.07) is 13.7. The van der Waals surface area contributed by atoms with E-state index in [4.69, 9.17) is 27.6 Å². The monoisotopic (exact) mass is 542 g/mol. The number of benzene rings is 2. The van der Waals surface area contributed by atoms with Gasteiger partial charge in [-0.1, -0.05) is 29.3 Å². The van der Waals surface area contributed by atoms with Crippen molar-refractivity contribution in [3.8, 4) is 11.3 Å². The van der Waals surface area contributed by atoms with Crippen LogP contribution < -0.4 is 4.90 Å². The average molecular weight is 543 g/mol. The lowest BCUT2D eigenvalue weighted by Crippen LogP contribution is -2.47. The Bertz CT molecular complexity index is 1430. The summed E-state index contributed by atoms with van der Waals surface area (Å²) < 4.78 is 5.80. The summed E-state index contributed by atoms with van der Waals surface area (Å²) in [5, 5.41) is 13.1. The van der Waals surface area contributed by atoms with Crippen LogP contribution in [0.1, 0.15) is 11.3 Å². The van der Waals surface area contributed by atoms with Gasteiger partial charge < -0.3 is 14.2 Å². The average Bonchev–Trinajstić information content (AvgIpc) is 3.48. The fourth-order valence-corrected chi connectivity index (χ4v) is 5.32. The number of anilines is 1. The number of aryl methyl sites for hydroxylation is 1.